The van der Waals surface area contributed by atoms with Crippen LogP contribution in [0.15, 0.2) is 84.9 Å². The number of hydrogen-bond donors (Lipinski definition) is 2. The molecule has 1 aliphatic rings. The summed E-state index contributed by atoms with van der Waals surface area (Å²) < 4.78 is 18.1. The van der Waals surface area contributed by atoms with Gasteiger partial charge in [0.15, 0.2) is 11.5 Å². The Morgan fingerprint density at radius 3 is 2.15 bits per heavy atom. The highest BCUT2D eigenvalue weighted by Crippen LogP contribution is 2.46. The predicted molar refractivity (Wildman–Crippen MR) is 174 cm³/mol. The molecule has 10 heteroatoms. The number of methoxy groups -OCH3 is 3. The van der Waals surface area contributed by atoms with Crippen molar-refractivity contribution in [1.82, 2.24) is 20.3 Å². The number of nitrogens with zero attached hydrogens (tertiary/aromatic N) is 2. The molecule has 4 aromatic carbocycles. The van der Waals surface area contributed by atoms with E-state index in [0.29, 0.717) is 22.8 Å². The third kappa shape index (κ3) is 5.17. The number of aromatic nitrogens is 1. The number of benzene rings is 4. The molecule has 0 bridgehead atoms. The van der Waals surface area contributed by atoms with E-state index in [2.05, 4.69) is 45.8 Å². The van der Waals surface area contributed by atoms with Crippen LogP contribution in [-0.2, 0) is 11.8 Å². The fourth-order valence-electron chi connectivity index (χ4n) is 6.21. The Morgan fingerprint density at radius 2 is 1.48 bits per heavy atom. The van der Waals surface area contributed by atoms with Crippen LogP contribution < -0.4 is 25.1 Å². The summed E-state index contributed by atoms with van der Waals surface area (Å²) in [6.45, 7) is 1.74. The summed E-state index contributed by atoms with van der Waals surface area (Å²) >= 11 is 0. The van der Waals surface area contributed by atoms with Gasteiger partial charge in [-0.3, -0.25) is 25.2 Å². The van der Waals surface area contributed by atoms with E-state index < -0.39 is 17.9 Å². The maximum Gasteiger partial charge on any atom is 0.269 e. The summed E-state index contributed by atoms with van der Waals surface area (Å²) in [6.07, 6.45) is 0. The molecule has 1 aromatic heterocycles. The highest BCUT2D eigenvalue weighted by Gasteiger charge is 2.41. The first kappa shape index (κ1) is 30.3. The minimum absolute atomic E-state index is 0.177. The molecule has 46 heavy (non-hydrogen) atoms. The summed E-state index contributed by atoms with van der Waals surface area (Å²) in [6, 6.07) is 26.2. The van der Waals surface area contributed by atoms with Crippen molar-refractivity contribution in [2.45, 2.75) is 13.0 Å². The molecule has 1 atom stereocenters. The summed E-state index contributed by atoms with van der Waals surface area (Å²) in [5, 5.41) is 0.983. The molecule has 0 spiro atoms. The molecule has 0 aliphatic carbocycles. The summed E-state index contributed by atoms with van der Waals surface area (Å²) in [5.41, 5.74) is 11.5. The average molecular weight is 619 g/mol. The SMILES string of the molecule is COc1cc(C(=O)NNC(=O)CN2C(=O)c3ccccc3C2c2c(-c3ccc(C)cc3)n(C)c3ccccc23)cc(OC)c1OC. The molecule has 6 rings (SSSR count). The van der Waals surface area contributed by atoms with Crippen molar-refractivity contribution in [3.05, 3.63) is 113 Å². The highest BCUT2D eigenvalue weighted by molar-refractivity contribution is 6.04. The van der Waals surface area contributed by atoms with Gasteiger partial charge in [0.2, 0.25) is 5.75 Å². The van der Waals surface area contributed by atoms with E-state index >= 15 is 0 Å². The Kier molecular flexibility index (Phi) is 8.10. The van der Waals surface area contributed by atoms with E-state index in [1.807, 2.05) is 50.4 Å². The largest absolute Gasteiger partial charge is 0.493 e. The van der Waals surface area contributed by atoms with Crippen LogP contribution in [0.25, 0.3) is 22.2 Å². The number of rotatable bonds is 8. The van der Waals surface area contributed by atoms with Crippen molar-refractivity contribution in [3.8, 4) is 28.5 Å². The smallest absolute Gasteiger partial charge is 0.269 e. The van der Waals surface area contributed by atoms with Crippen LogP contribution in [0.2, 0.25) is 0 Å². The molecule has 3 amide bonds. The second-order valence-electron chi connectivity index (χ2n) is 11.0. The van der Waals surface area contributed by atoms with Gasteiger partial charge >= 0.3 is 0 Å². The van der Waals surface area contributed by atoms with E-state index in [1.54, 1.807) is 11.0 Å². The Bertz CT molecular complexity index is 1960. The minimum atomic E-state index is -0.601. The molecular weight excluding hydrogens is 584 g/mol. The lowest BCUT2D eigenvalue weighted by Crippen LogP contribution is -2.47. The number of carbonyl (C=O) groups is 3. The number of nitrogens with one attached hydrogen (secondary N) is 2. The predicted octanol–water partition coefficient (Wildman–Crippen LogP) is 5.19. The maximum atomic E-state index is 13.9. The van der Waals surface area contributed by atoms with Crippen LogP contribution >= 0.6 is 0 Å². The number of carbonyl (C=O) groups excluding carboxylic acids is 3. The molecule has 1 aliphatic heterocycles. The van der Waals surface area contributed by atoms with Gasteiger partial charge in [-0.15, -0.1) is 0 Å². The van der Waals surface area contributed by atoms with Crippen LogP contribution in [0, 0.1) is 6.92 Å². The molecule has 0 fully saturated rings. The molecule has 5 aromatic rings. The van der Waals surface area contributed by atoms with Crippen LogP contribution in [0.1, 0.15) is 43.4 Å². The number of aryl methyl sites for hydroxylation is 2. The Morgan fingerprint density at radius 1 is 0.826 bits per heavy atom. The van der Waals surface area contributed by atoms with Gasteiger partial charge in [-0.05, 0) is 42.3 Å². The Labute approximate surface area is 266 Å². The summed E-state index contributed by atoms with van der Waals surface area (Å²) in [4.78, 5) is 42.0. The number of amides is 3. The van der Waals surface area contributed by atoms with Gasteiger partial charge in [0.05, 0.1) is 33.1 Å². The molecule has 2 heterocycles. The fraction of sp³-hybridized carbons (Fsp3) is 0.194. The topological polar surface area (TPSA) is 111 Å². The third-order valence-corrected chi connectivity index (χ3v) is 8.36. The standard InChI is InChI=1S/C36H34N4O6/c1-21-14-16-22(17-15-21)32-31(26-12-8-9-13-27(26)39(32)2)33-24-10-6-7-11-25(24)36(43)40(33)20-30(41)37-38-35(42)23-18-28(44-3)34(46-5)29(19-23)45-4/h6-19,33H,20H2,1-5H3,(H,37,41)(H,38,42). The number of para-hydroxylation sites is 1. The lowest BCUT2D eigenvalue weighted by Gasteiger charge is -2.26. The van der Waals surface area contributed by atoms with Crippen molar-refractivity contribution < 1.29 is 28.6 Å². The molecule has 2 N–H and O–H groups in total. The van der Waals surface area contributed by atoms with Crippen LogP contribution in [0.4, 0.5) is 0 Å². The summed E-state index contributed by atoms with van der Waals surface area (Å²) in [7, 11) is 6.37. The van der Waals surface area contributed by atoms with E-state index in [-0.39, 0.29) is 18.0 Å². The maximum absolute atomic E-state index is 13.9. The second kappa shape index (κ2) is 12.3. The zero-order chi connectivity index (χ0) is 32.5. The number of hydrazine groups is 1. The first-order valence-corrected chi connectivity index (χ1v) is 14.7. The zero-order valence-corrected chi connectivity index (χ0v) is 26.2. The lowest BCUT2D eigenvalue weighted by atomic mass is 9.93. The van der Waals surface area contributed by atoms with E-state index in [1.165, 1.54) is 33.5 Å². The van der Waals surface area contributed by atoms with Gasteiger partial charge in [0, 0.05) is 34.6 Å². The van der Waals surface area contributed by atoms with E-state index in [4.69, 9.17) is 14.2 Å². The molecule has 0 saturated carbocycles. The van der Waals surface area contributed by atoms with Crippen molar-refractivity contribution in [1.29, 1.82) is 0 Å². The zero-order valence-electron chi connectivity index (χ0n) is 26.2. The number of fused-ring (bicyclic) bond motifs is 2. The monoisotopic (exact) mass is 618 g/mol. The first-order chi connectivity index (χ1) is 22.3. The lowest BCUT2D eigenvalue weighted by molar-refractivity contribution is -0.122. The Balaban J connectivity index is 1.34. The molecular formula is C36H34N4O6. The highest BCUT2D eigenvalue weighted by atomic mass is 16.5. The molecule has 1 unspecified atom stereocenters. The van der Waals surface area contributed by atoms with Crippen molar-refractivity contribution in [3.63, 3.8) is 0 Å². The Hall–Kier alpha value is -5.77. The minimum Gasteiger partial charge on any atom is -0.493 e. The third-order valence-electron chi connectivity index (χ3n) is 8.36. The molecule has 0 radical (unpaired) electrons. The van der Waals surface area contributed by atoms with Gasteiger partial charge in [0.25, 0.3) is 17.7 Å². The first-order valence-electron chi connectivity index (χ1n) is 14.7. The van der Waals surface area contributed by atoms with Crippen LogP contribution in [0.5, 0.6) is 17.2 Å². The fourth-order valence-corrected chi connectivity index (χ4v) is 6.21. The van der Waals surface area contributed by atoms with Crippen molar-refractivity contribution in [2.75, 3.05) is 27.9 Å². The average Bonchev–Trinajstić information content (AvgIpc) is 3.52. The van der Waals surface area contributed by atoms with E-state index in [0.717, 1.165) is 38.9 Å². The molecule has 0 saturated heterocycles. The van der Waals surface area contributed by atoms with Gasteiger partial charge in [-0.25, -0.2) is 0 Å². The van der Waals surface area contributed by atoms with Gasteiger partial charge < -0.3 is 23.7 Å². The number of ether oxygens (including phenoxy) is 3. The second-order valence-corrected chi connectivity index (χ2v) is 11.0. The molecule has 234 valence electrons. The van der Waals surface area contributed by atoms with Crippen molar-refractivity contribution in [2.24, 2.45) is 7.05 Å². The van der Waals surface area contributed by atoms with Gasteiger partial charge in [0.1, 0.15) is 6.54 Å². The van der Waals surface area contributed by atoms with Crippen LogP contribution in [-0.4, -0.2) is 55.1 Å². The quantitative estimate of drug-likeness (QED) is 0.232. The summed E-state index contributed by atoms with van der Waals surface area (Å²) in [5.74, 6) is -0.515. The van der Waals surface area contributed by atoms with E-state index in [9.17, 15) is 14.4 Å². The molecule has 10 nitrogen and oxygen atoms in total. The van der Waals surface area contributed by atoms with Gasteiger partial charge in [-0.1, -0.05) is 66.2 Å². The van der Waals surface area contributed by atoms with Gasteiger partial charge in [-0.2, -0.15) is 0 Å². The normalized spacial score (nSPS) is 13.8. The van der Waals surface area contributed by atoms with Crippen LogP contribution in [0.3, 0.4) is 0 Å². The number of hydrogen-bond acceptors (Lipinski definition) is 6. The van der Waals surface area contributed by atoms with Crippen molar-refractivity contribution >= 4 is 28.6 Å².